The van der Waals surface area contributed by atoms with E-state index in [1.165, 1.54) is 5.69 Å². The molecule has 0 saturated heterocycles. The monoisotopic (exact) mass is 273 g/mol. The van der Waals surface area contributed by atoms with E-state index in [1.54, 1.807) is 7.11 Å². The van der Waals surface area contributed by atoms with Crippen LogP contribution >= 0.6 is 0 Å². The number of aryl methyl sites for hydroxylation is 2. The molecule has 0 aliphatic heterocycles. The number of hydrogen-bond acceptors (Lipinski definition) is 3. The molecule has 0 aliphatic carbocycles. The van der Waals surface area contributed by atoms with Gasteiger partial charge < -0.3 is 10.5 Å². The fourth-order valence-electron chi connectivity index (χ4n) is 2.50. The van der Waals surface area contributed by atoms with Crippen molar-refractivity contribution in [3.05, 3.63) is 47.3 Å². The number of ether oxygens (including phenoxy) is 1. The minimum Gasteiger partial charge on any atom is -0.496 e. The largest absolute Gasteiger partial charge is 0.496 e. The van der Waals surface area contributed by atoms with E-state index in [1.807, 2.05) is 18.2 Å². The van der Waals surface area contributed by atoms with Crippen molar-refractivity contribution >= 4 is 0 Å². The summed E-state index contributed by atoms with van der Waals surface area (Å²) in [6, 6.07) is 10.2. The Morgan fingerprint density at radius 3 is 2.60 bits per heavy atom. The molecule has 0 bridgehead atoms. The van der Waals surface area contributed by atoms with Gasteiger partial charge in [0.25, 0.3) is 0 Å². The fraction of sp³-hybridized carbons (Fsp3) is 0.438. The lowest BCUT2D eigenvalue weighted by Gasteiger charge is -2.20. The molecule has 4 nitrogen and oxygen atoms in total. The highest BCUT2D eigenvalue weighted by Gasteiger charge is 2.20. The summed E-state index contributed by atoms with van der Waals surface area (Å²) in [5.74, 6) is 0.860. The minimum absolute atomic E-state index is 0.0152. The van der Waals surface area contributed by atoms with Crippen LogP contribution in [-0.2, 0) is 12.8 Å². The van der Waals surface area contributed by atoms with Crippen LogP contribution in [0.5, 0.6) is 5.75 Å². The van der Waals surface area contributed by atoms with Crippen LogP contribution in [0.4, 0.5) is 0 Å². The Kier molecular flexibility index (Phi) is 4.79. The molecule has 1 atom stereocenters. The maximum atomic E-state index is 6.02. The van der Waals surface area contributed by atoms with E-state index in [2.05, 4.69) is 30.7 Å². The van der Waals surface area contributed by atoms with Crippen molar-refractivity contribution in [3.8, 4) is 5.75 Å². The molecule has 1 aromatic carbocycles. The van der Waals surface area contributed by atoms with Gasteiger partial charge in [0.05, 0.1) is 18.8 Å². The van der Waals surface area contributed by atoms with E-state index in [0.717, 1.165) is 29.8 Å². The molecule has 1 unspecified atom stereocenters. The van der Waals surface area contributed by atoms with Gasteiger partial charge in [-0.1, -0.05) is 32.0 Å². The third-order valence-corrected chi connectivity index (χ3v) is 3.60. The molecule has 2 rings (SSSR count). The lowest BCUT2D eigenvalue weighted by Crippen LogP contribution is -2.23. The predicted octanol–water partition coefficient (Wildman–Crippen LogP) is 2.56. The van der Waals surface area contributed by atoms with Gasteiger partial charge in [0.1, 0.15) is 5.75 Å². The van der Waals surface area contributed by atoms with Crippen LogP contribution in [0.3, 0.4) is 0 Å². The second kappa shape index (κ2) is 6.57. The van der Waals surface area contributed by atoms with Crippen LogP contribution in [0.2, 0.25) is 0 Å². The number of benzene rings is 1. The molecule has 2 aromatic rings. The molecule has 0 radical (unpaired) electrons. The second-order valence-corrected chi connectivity index (χ2v) is 4.77. The second-order valence-electron chi connectivity index (χ2n) is 4.77. The standard InChI is InChI=1S/C16H23N3O/c1-4-12-10-13(5-2)19(18-12)15(11-17)14-8-6-7-9-16(14)20-3/h6-10,15H,4-5,11,17H2,1-3H3. The molecule has 108 valence electrons. The van der Waals surface area contributed by atoms with Crippen molar-refractivity contribution in [3.63, 3.8) is 0 Å². The number of rotatable bonds is 6. The fourth-order valence-corrected chi connectivity index (χ4v) is 2.50. The third kappa shape index (κ3) is 2.70. The van der Waals surface area contributed by atoms with E-state index in [-0.39, 0.29) is 6.04 Å². The molecule has 0 spiro atoms. The first kappa shape index (κ1) is 14.6. The molecule has 1 aromatic heterocycles. The topological polar surface area (TPSA) is 53.1 Å². The third-order valence-electron chi connectivity index (χ3n) is 3.60. The Balaban J connectivity index is 2.49. The summed E-state index contributed by atoms with van der Waals surface area (Å²) in [7, 11) is 1.69. The average molecular weight is 273 g/mol. The van der Waals surface area contributed by atoms with Crippen LogP contribution in [0.25, 0.3) is 0 Å². The van der Waals surface area contributed by atoms with Crippen LogP contribution in [0, 0.1) is 0 Å². The lowest BCUT2D eigenvalue weighted by atomic mass is 10.1. The average Bonchev–Trinajstić information content (AvgIpc) is 2.92. The first-order chi connectivity index (χ1) is 9.74. The quantitative estimate of drug-likeness (QED) is 0.880. The van der Waals surface area contributed by atoms with Crippen molar-refractivity contribution in [2.75, 3.05) is 13.7 Å². The molecule has 20 heavy (non-hydrogen) atoms. The maximum absolute atomic E-state index is 6.02. The van der Waals surface area contributed by atoms with Gasteiger partial charge >= 0.3 is 0 Å². The summed E-state index contributed by atoms with van der Waals surface area (Å²) in [5, 5.41) is 4.70. The number of aromatic nitrogens is 2. The van der Waals surface area contributed by atoms with E-state index in [9.17, 15) is 0 Å². The normalized spacial score (nSPS) is 12.4. The van der Waals surface area contributed by atoms with E-state index < -0.39 is 0 Å². The van der Waals surface area contributed by atoms with Gasteiger partial charge in [-0.25, -0.2) is 0 Å². The zero-order valence-electron chi connectivity index (χ0n) is 12.5. The van der Waals surface area contributed by atoms with Crippen molar-refractivity contribution in [2.45, 2.75) is 32.7 Å². The predicted molar refractivity (Wildman–Crippen MR) is 81.2 cm³/mol. The summed E-state index contributed by atoms with van der Waals surface area (Å²) in [5.41, 5.74) is 9.42. The van der Waals surface area contributed by atoms with E-state index in [4.69, 9.17) is 15.6 Å². The van der Waals surface area contributed by atoms with Crippen molar-refractivity contribution in [1.29, 1.82) is 0 Å². The van der Waals surface area contributed by atoms with Gasteiger partial charge in [-0.15, -0.1) is 0 Å². The van der Waals surface area contributed by atoms with E-state index >= 15 is 0 Å². The Hall–Kier alpha value is -1.81. The molecular formula is C16H23N3O. The summed E-state index contributed by atoms with van der Waals surface area (Å²) in [6.07, 6.45) is 1.88. The highest BCUT2D eigenvalue weighted by atomic mass is 16.5. The van der Waals surface area contributed by atoms with Gasteiger partial charge in [0.15, 0.2) is 0 Å². The number of methoxy groups -OCH3 is 1. The highest BCUT2D eigenvalue weighted by Crippen LogP contribution is 2.28. The summed E-state index contributed by atoms with van der Waals surface area (Å²) in [6.45, 7) is 4.76. The highest BCUT2D eigenvalue weighted by molar-refractivity contribution is 5.37. The lowest BCUT2D eigenvalue weighted by molar-refractivity contribution is 0.396. The zero-order valence-corrected chi connectivity index (χ0v) is 12.5. The van der Waals surface area contributed by atoms with Gasteiger partial charge in [0, 0.05) is 17.8 Å². The first-order valence-corrected chi connectivity index (χ1v) is 7.15. The van der Waals surface area contributed by atoms with Crippen LogP contribution in [0.15, 0.2) is 30.3 Å². The van der Waals surface area contributed by atoms with Gasteiger partial charge in [-0.05, 0) is 25.0 Å². The Bertz CT molecular complexity index is 563. The number of para-hydroxylation sites is 1. The van der Waals surface area contributed by atoms with Gasteiger partial charge in [0.2, 0.25) is 0 Å². The van der Waals surface area contributed by atoms with Crippen molar-refractivity contribution in [1.82, 2.24) is 9.78 Å². The van der Waals surface area contributed by atoms with Gasteiger partial charge in [-0.3, -0.25) is 4.68 Å². The van der Waals surface area contributed by atoms with Crippen LogP contribution in [-0.4, -0.2) is 23.4 Å². The smallest absolute Gasteiger partial charge is 0.124 e. The minimum atomic E-state index is 0.0152. The molecule has 0 saturated carbocycles. The summed E-state index contributed by atoms with van der Waals surface area (Å²) >= 11 is 0. The summed E-state index contributed by atoms with van der Waals surface area (Å²) < 4.78 is 7.51. The van der Waals surface area contributed by atoms with Crippen molar-refractivity contribution < 1.29 is 4.74 Å². The van der Waals surface area contributed by atoms with E-state index in [0.29, 0.717) is 6.54 Å². The molecule has 4 heteroatoms. The Morgan fingerprint density at radius 1 is 1.25 bits per heavy atom. The number of nitrogens with zero attached hydrogens (tertiary/aromatic N) is 2. The number of nitrogens with two attached hydrogens (primary N) is 1. The Morgan fingerprint density at radius 2 is 2.00 bits per heavy atom. The summed E-state index contributed by atoms with van der Waals surface area (Å²) in [4.78, 5) is 0. The molecule has 0 aliphatic rings. The zero-order chi connectivity index (χ0) is 14.5. The van der Waals surface area contributed by atoms with Crippen molar-refractivity contribution in [2.24, 2.45) is 5.73 Å². The van der Waals surface area contributed by atoms with Crippen LogP contribution in [0.1, 0.15) is 36.8 Å². The maximum Gasteiger partial charge on any atom is 0.124 e. The SMILES string of the molecule is CCc1cc(CC)n(C(CN)c2ccccc2OC)n1. The molecule has 2 N–H and O–H groups in total. The number of hydrogen-bond donors (Lipinski definition) is 1. The molecule has 0 amide bonds. The first-order valence-electron chi connectivity index (χ1n) is 7.15. The molecule has 1 heterocycles. The Labute approximate surface area is 120 Å². The van der Waals surface area contributed by atoms with Crippen LogP contribution < -0.4 is 10.5 Å². The van der Waals surface area contributed by atoms with Gasteiger partial charge in [-0.2, -0.15) is 5.10 Å². The molecule has 0 fully saturated rings. The molecular weight excluding hydrogens is 250 g/mol.